The summed E-state index contributed by atoms with van der Waals surface area (Å²) >= 11 is 5.81. The molecule has 0 saturated carbocycles. The van der Waals surface area contributed by atoms with Gasteiger partial charge < -0.3 is 9.64 Å². The maximum Gasteiger partial charge on any atom is 0.410 e. The molecule has 0 radical (unpaired) electrons. The fraction of sp³-hybridized carbons (Fsp3) is 0.588. The lowest BCUT2D eigenvalue weighted by atomic mass is 10.1. The van der Waals surface area contributed by atoms with Crippen LogP contribution in [0.25, 0.3) is 0 Å². The number of hydrogen-bond donors (Lipinski definition) is 0. The summed E-state index contributed by atoms with van der Waals surface area (Å²) in [5.41, 5.74) is 1.68. The first-order valence-electron chi connectivity index (χ1n) is 7.43. The number of halogens is 1. The Morgan fingerprint density at radius 1 is 1.29 bits per heavy atom. The summed E-state index contributed by atoms with van der Waals surface area (Å²) in [5, 5.41) is 0. The Morgan fingerprint density at radius 2 is 1.86 bits per heavy atom. The van der Waals surface area contributed by atoms with Crippen LogP contribution < -0.4 is 0 Å². The maximum atomic E-state index is 12.4. The molecule has 0 unspecified atom stereocenters. The number of carbonyl (C=O) groups excluding carboxylic acids is 1. The maximum absolute atomic E-state index is 12.4. The highest BCUT2D eigenvalue weighted by Gasteiger charge is 2.26. The first kappa shape index (κ1) is 17.8. The number of benzene rings is 1. The third-order valence-electron chi connectivity index (χ3n) is 3.18. The molecule has 0 aliphatic rings. The predicted octanol–water partition coefficient (Wildman–Crippen LogP) is 5.13. The summed E-state index contributed by atoms with van der Waals surface area (Å²) in [7, 11) is 0. The van der Waals surface area contributed by atoms with Crippen molar-refractivity contribution in [3.05, 3.63) is 35.4 Å². The Labute approximate surface area is 133 Å². The van der Waals surface area contributed by atoms with Gasteiger partial charge in [-0.1, -0.05) is 31.2 Å². The minimum absolute atomic E-state index is 0.0239. The van der Waals surface area contributed by atoms with Crippen LogP contribution in [0.15, 0.2) is 24.3 Å². The Balaban J connectivity index is 2.89. The second kappa shape index (κ2) is 7.69. The van der Waals surface area contributed by atoms with Crippen molar-refractivity contribution >= 4 is 17.7 Å². The molecule has 0 spiro atoms. The zero-order chi connectivity index (χ0) is 16.0. The van der Waals surface area contributed by atoms with Crippen molar-refractivity contribution in [3.8, 4) is 0 Å². The summed E-state index contributed by atoms with van der Waals surface area (Å²) in [5.74, 6) is 0.499. The molecule has 0 fully saturated rings. The lowest BCUT2D eigenvalue weighted by Crippen LogP contribution is -2.38. The van der Waals surface area contributed by atoms with E-state index in [0.717, 1.165) is 17.5 Å². The third kappa shape index (κ3) is 5.58. The van der Waals surface area contributed by atoms with E-state index in [-0.39, 0.29) is 12.1 Å². The minimum Gasteiger partial charge on any atom is -0.444 e. The third-order valence-corrected chi connectivity index (χ3v) is 3.49. The quantitative estimate of drug-likeness (QED) is 0.705. The Kier molecular flexibility index (Phi) is 6.53. The molecule has 3 nitrogen and oxygen atoms in total. The molecular weight excluding hydrogens is 286 g/mol. The zero-order valence-electron chi connectivity index (χ0n) is 13.6. The van der Waals surface area contributed by atoms with Gasteiger partial charge in [-0.15, -0.1) is 11.6 Å². The highest BCUT2D eigenvalue weighted by Crippen LogP contribution is 2.23. The van der Waals surface area contributed by atoms with Gasteiger partial charge in [0.25, 0.3) is 0 Å². The van der Waals surface area contributed by atoms with Gasteiger partial charge in [0.1, 0.15) is 5.60 Å². The van der Waals surface area contributed by atoms with E-state index in [9.17, 15) is 4.79 Å². The van der Waals surface area contributed by atoms with E-state index in [1.807, 2.05) is 52.0 Å². The molecule has 0 aliphatic carbocycles. The molecule has 1 aromatic carbocycles. The van der Waals surface area contributed by atoms with Crippen LogP contribution in [0.3, 0.4) is 0 Å². The number of rotatable bonds is 5. The molecule has 21 heavy (non-hydrogen) atoms. The molecule has 0 aliphatic heterocycles. The molecule has 1 amide bonds. The minimum atomic E-state index is -0.481. The average molecular weight is 312 g/mol. The van der Waals surface area contributed by atoms with Crippen molar-refractivity contribution in [3.63, 3.8) is 0 Å². The van der Waals surface area contributed by atoms with Crippen molar-refractivity contribution in [2.75, 3.05) is 6.54 Å². The SMILES string of the molecule is CCCN(C(=O)OC(C)(C)C)[C@@H](C)c1ccc(CCl)cc1. The van der Waals surface area contributed by atoms with E-state index in [2.05, 4.69) is 6.92 Å². The summed E-state index contributed by atoms with van der Waals surface area (Å²) in [6, 6.07) is 8.02. The van der Waals surface area contributed by atoms with Crippen molar-refractivity contribution in [2.45, 2.75) is 58.6 Å². The van der Waals surface area contributed by atoms with Crippen LogP contribution in [0.1, 0.15) is 58.2 Å². The van der Waals surface area contributed by atoms with Gasteiger partial charge in [-0.25, -0.2) is 4.79 Å². The van der Waals surface area contributed by atoms with Crippen LogP contribution in [0.5, 0.6) is 0 Å². The van der Waals surface area contributed by atoms with Gasteiger partial charge in [-0.05, 0) is 45.2 Å². The summed E-state index contributed by atoms with van der Waals surface area (Å²) in [6.07, 6.45) is 0.627. The van der Waals surface area contributed by atoms with Gasteiger partial charge in [0.05, 0.1) is 6.04 Å². The van der Waals surface area contributed by atoms with Crippen molar-refractivity contribution in [1.29, 1.82) is 0 Å². The molecule has 0 saturated heterocycles. The van der Waals surface area contributed by atoms with E-state index in [0.29, 0.717) is 12.4 Å². The van der Waals surface area contributed by atoms with Gasteiger partial charge in [-0.2, -0.15) is 0 Å². The number of alkyl halides is 1. The second-order valence-corrected chi connectivity index (χ2v) is 6.49. The monoisotopic (exact) mass is 311 g/mol. The fourth-order valence-electron chi connectivity index (χ4n) is 2.07. The Morgan fingerprint density at radius 3 is 2.29 bits per heavy atom. The number of ether oxygens (including phenoxy) is 1. The van der Waals surface area contributed by atoms with E-state index < -0.39 is 5.60 Å². The molecule has 0 N–H and O–H groups in total. The average Bonchev–Trinajstić information content (AvgIpc) is 2.42. The Bertz CT molecular complexity index is 451. The topological polar surface area (TPSA) is 29.5 Å². The molecule has 4 heteroatoms. The van der Waals surface area contributed by atoms with Crippen LogP contribution in [0.4, 0.5) is 4.79 Å². The van der Waals surface area contributed by atoms with Gasteiger partial charge in [0, 0.05) is 12.4 Å². The van der Waals surface area contributed by atoms with Crippen molar-refractivity contribution < 1.29 is 9.53 Å². The first-order chi connectivity index (χ1) is 9.78. The predicted molar refractivity (Wildman–Crippen MR) is 87.6 cm³/mol. The largest absolute Gasteiger partial charge is 0.444 e. The van der Waals surface area contributed by atoms with Gasteiger partial charge in [-0.3, -0.25) is 0 Å². The second-order valence-electron chi connectivity index (χ2n) is 6.22. The lowest BCUT2D eigenvalue weighted by molar-refractivity contribution is 0.0173. The standard InChI is InChI=1S/C17H26ClNO2/c1-6-11-19(16(20)21-17(3,4)5)13(2)15-9-7-14(12-18)8-10-15/h7-10,13H,6,11-12H2,1-5H3/t13-/m0/s1. The summed E-state index contributed by atoms with van der Waals surface area (Å²) in [4.78, 5) is 14.1. The molecule has 1 aromatic rings. The normalized spacial score (nSPS) is 12.9. The van der Waals surface area contributed by atoms with Crippen LogP contribution in [0.2, 0.25) is 0 Å². The summed E-state index contributed by atoms with van der Waals surface area (Å²) < 4.78 is 5.51. The highest BCUT2D eigenvalue weighted by molar-refractivity contribution is 6.17. The molecular formula is C17H26ClNO2. The molecule has 1 rings (SSSR count). The van der Waals surface area contributed by atoms with Crippen molar-refractivity contribution in [1.82, 2.24) is 4.90 Å². The summed E-state index contributed by atoms with van der Waals surface area (Å²) in [6.45, 7) is 10.4. The van der Waals surface area contributed by atoms with E-state index in [1.54, 1.807) is 4.90 Å². The number of carbonyl (C=O) groups is 1. The number of amides is 1. The Hall–Kier alpha value is -1.22. The van der Waals surface area contributed by atoms with Crippen LogP contribution in [-0.2, 0) is 10.6 Å². The van der Waals surface area contributed by atoms with Gasteiger partial charge in [0.2, 0.25) is 0 Å². The van der Waals surface area contributed by atoms with Crippen LogP contribution in [0, 0.1) is 0 Å². The van der Waals surface area contributed by atoms with Crippen LogP contribution >= 0.6 is 11.6 Å². The van der Waals surface area contributed by atoms with E-state index in [1.165, 1.54) is 0 Å². The van der Waals surface area contributed by atoms with Gasteiger partial charge >= 0.3 is 6.09 Å². The molecule has 0 aromatic heterocycles. The molecule has 0 bridgehead atoms. The molecule has 118 valence electrons. The molecule has 1 atom stereocenters. The fourth-order valence-corrected chi connectivity index (χ4v) is 2.25. The first-order valence-corrected chi connectivity index (χ1v) is 7.96. The zero-order valence-corrected chi connectivity index (χ0v) is 14.4. The molecule has 0 heterocycles. The number of hydrogen-bond acceptors (Lipinski definition) is 2. The van der Waals surface area contributed by atoms with Gasteiger partial charge in [0.15, 0.2) is 0 Å². The van der Waals surface area contributed by atoms with Crippen molar-refractivity contribution in [2.24, 2.45) is 0 Å². The number of nitrogens with zero attached hydrogens (tertiary/aromatic N) is 1. The van der Waals surface area contributed by atoms with E-state index >= 15 is 0 Å². The smallest absolute Gasteiger partial charge is 0.410 e. The highest BCUT2D eigenvalue weighted by atomic mass is 35.5. The van der Waals surface area contributed by atoms with Crippen LogP contribution in [-0.4, -0.2) is 23.1 Å². The lowest BCUT2D eigenvalue weighted by Gasteiger charge is -2.32. The van der Waals surface area contributed by atoms with E-state index in [4.69, 9.17) is 16.3 Å².